The second-order valence-electron chi connectivity index (χ2n) is 6.21. The first kappa shape index (κ1) is 15.1. The highest BCUT2D eigenvalue weighted by Gasteiger charge is 2.40. The number of nitrogens with one attached hydrogen (secondary N) is 1. The van der Waals surface area contributed by atoms with Crippen molar-refractivity contribution in [3.05, 3.63) is 0 Å². The van der Waals surface area contributed by atoms with Crippen LogP contribution in [0.15, 0.2) is 0 Å². The molecule has 1 aliphatic carbocycles. The van der Waals surface area contributed by atoms with Gasteiger partial charge in [-0.1, -0.05) is 32.1 Å². The Labute approximate surface area is 120 Å². The molecule has 20 heavy (non-hydrogen) atoms. The van der Waals surface area contributed by atoms with Crippen LogP contribution in [-0.4, -0.2) is 41.6 Å². The molecule has 1 saturated carbocycles. The van der Waals surface area contributed by atoms with E-state index < -0.39 is 11.4 Å². The molecule has 0 bridgehead atoms. The van der Waals surface area contributed by atoms with E-state index in [-0.39, 0.29) is 12.6 Å². The van der Waals surface area contributed by atoms with Gasteiger partial charge < -0.3 is 15.3 Å². The van der Waals surface area contributed by atoms with Crippen LogP contribution in [0, 0.1) is 5.41 Å². The summed E-state index contributed by atoms with van der Waals surface area (Å²) in [7, 11) is 0. The number of amides is 2. The molecule has 0 spiro atoms. The quantitative estimate of drug-likeness (QED) is 0.836. The van der Waals surface area contributed by atoms with E-state index in [1.165, 1.54) is 12.8 Å². The van der Waals surface area contributed by atoms with Gasteiger partial charge in [0.05, 0.1) is 5.41 Å². The second kappa shape index (κ2) is 6.95. The first-order chi connectivity index (χ1) is 9.64. The predicted octanol–water partition coefficient (Wildman–Crippen LogP) is 2.61. The van der Waals surface area contributed by atoms with Crippen molar-refractivity contribution in [3.8, 4) is 0 Å². The molecule has 5 heteroatoms. The zero-order valence-corrected chi connectivity index (χ0v) is 12.2. The van der Waals surface area contributed by atoms with Crippen LogP contribution in [0.25, 0.3) is 0 Å². The van der Waals surface area contributed by atoms with Crippen molar-refractivity contribution in [1.82, 2.24) is 10.2 Å². The maximum Gasteiger partial charge on any atom is 0.317 e. The van der Waals surface area contributed by atoms with Gasteiger partial charge in [-0.25, -0.2) is 4.79 Å². The fourth-order valence-electron chi connectivity index (χ4n) is 3.33. The Morgan fingerprint density at radius 2 is 1.50 bits per heavy atom. The molecule has 0 radical (unpaired) electrons. The molecule has 0 unspecified atom stereocenters. The molecule has 2 amide bonds. The van der Waals surface area contributed by atoms with E-state index in [9.17, 15) is 14.7 Å². The highest BCUT2D eigenvalue weighted by atomic mass is 16.4. The summed E-state index contributed by atoms with van der Waals surface area (Å²) in [6.07, 6.45) is 8.85. The number of carbonyl (C=O) groups excluding carboxylic acids is 1. The molecule has 2 N–H and O–H groups in total. The monoisotopic (exact) mass is 282 g/mol. The molecule has 0 aromatic carbocycles. The number of rotatable bonds is 3. The van der Waals surface area contributed by atoms with Crippen molar-refractivity contribution in [1.29, 1.82) is 0 Å². The topological polar surface area (TPSA) is 69.6 Å². The zero-order valence-electron chi connectivity index (χ0n) is 12.2. The Morgan fingerprint density at radius 1 is 0.950 bits per heavy atom. The lowest BCUT2D eigenvalue weighted by molar-refractivity contribution is -0.150. The normalized spacial score (nSPS) is 22.9. The van der Waals surface area contributed by atoms with E-state index in [1.807, 2.05) is 4.90 Å². The maximum absolute atomic E-state index is 12.2. The first-order valence-corrected chi connectivity index (χ1v) is 7.90. The number of carboxylic acid groups (broad SMARTS) is 1. The van der Waals surface area contributed by atoms with Gasteiger partial charge in [-0.05, 0) is 25.7 Å². The molecule has 0 aromatic heterocycles. The highest BCUT2D eigenvalue weighted by Crippen LogP contribution is 2.36. The van der Waals surface area contributed by atoms with Crippen LogP contribution in [0.3, 0.4) is 0 Å². The fourth-order valence-corrected chi connectivity index (χ4v) is 3.33. The summed E-state index contributed by atoms with van der Waals surface area (Å²) in [6.45, 7) is 1.87. The summed E-state index contributed by atoms with van der Waals surface area (Å²) in [6, 6.07) is -0.0851. The first-order valence-electron chi connectivity index (χ1n) is 7.90. The number of carboxylic acids is 1. The number of hydrogen-bond acceptors (Lipinski definition) is 2. The minimum atomic E-state index is -0.756. The molecule has 0 aromatic rings. The molecular formula is C15H26N2O3. The molecule has 2 fully saturated rings. The molecule has 114 valence electrons. The largest absolute Gasteiger partial charge is 0.481 e. The van der Waals surface area contributed by atoms with Crippen molar-refractivity contribution in [2.45, 2.75) is 57.8 Å². The Kier molecular flexibility index (Phi) is 5.26. The molecule has 5 nitrogen and oxygen atoms in total. The molecule has 2 rings (SSSR count). The summed E-state index contributed by atoms with van der Waals surface area (Å²) >= 11 is 0. The third-order valence-corrected chi connectivity index (χ3v) is 4.74. The van der Waals surface area contributed by atoms with E-state index in [4.69, 9.17) is 0 Å². The lowest BCUT2D eigenvalue weighted by Crippen LogP contribution is -2.48. The molecule has 1 aliphatic heterocycles. The minimum Gasteiger partial charge on any atom is -0.481 e. The number of likely N-dealkylation sites (tertiary alicyclic amines) is 1. The van der Waals surface area contributed by atoms with Gasteiger partial charge in [-0.3, -0.25) is 4.79 Å². The number of urea groups is 1. The Hall–Kier alpha value is -1.26. The maximum atomic E-state index is 12.2. The summed E-state index contributed by atoms with van der Waals surface area (Å²) in [5, 5.41) is 12.4. The standard InChI is InChI=1S/C15H26N2O3/c18-13(19)15(8-4-3-5-9-15)12-16-14(20)17-10-6-1-2-7-11-17/h1-12H2,(H,16,20)(H,18,19). The Balaban J connectivity index is 1.88. The molecular weight excluding hydrogens is 256 g/mol. The highest BCUT2D eigenvalue weighted by molar-refractivity contribution is 5.78. The SMILES string of the molecule is O=C(NCC1(C(=O)O)CCCCC1)N1CCCCCC1. The second-order valence-corrected chi connectivity index (χ2v) is 6.21. The summed E-state index contributed by atoms with van der Waals surface area (Å²) in [5.41, 5.74) is -0.736. The van der Waals surface area contributed by atoms with Gasteiger partial charge in [0.2, 0.25) is 0 Å². The van der Waals surface area contributed by atoms with Crippen LogP contribution in [-0.2, 0) is 4.79 Å². The molecule has 1 heterocycles. The smallest absolute Gasteiger partial charge is 0.317 e. The average Bonchev–Trinajstić information content (AvgIpc) is 2.74. The van der Waals surface area contributed by atoms with E-state index in [0.29, 0.717) is 12.8 Å². The number of carbonyl (C=O) groups is 2. The van der Waals surface area contributed by atoms with Crippen LogP contribution in [0.5, 0.6) is 0 Å². The Bertz CT molecular complexity index is 343. The minimum absolute atomic E-state index is 0.0851. The van der Waals surface area contributed by atoms with E-state index in [2.05, 4.69) is 5.32 Å². The molecule has 2 aliphatic rings. The van der Waals surface area contributed by atoms with Gasteiger partial charge >= 0.3 is 12.0 Å². The average molecular weight is 282 g/mol. The number of nitrogens with zero attached hydrogens (tertiary/aromatic N) is 1. The van der Waals surface area contributed by atoms with Gasteiger partial charge in [0.15, 0.2) is 0 Å². The van der Waals surface area contributed by atoms with Gasteiger partial charge in [0.1, 0.15) is 0 Å². The van der Waals surface area contributed by atoms with Crippen molar-refractivity contribution in [2.24, 2.45) is 5.41 Å². The third-order valence-electron chi connectivity index (χ3n) is 4.74. The van der Waals surface area contributed by atoms with E-state index >= 15 is 0 Å². The van der Waals surface area contributed by atoms with Crippen molar-refractivity contribution < 1.29 is 14.7 Å². The molecule has 1 saturated heterocycles. The summed E-state index contributed by atoms with van der Waals surface area (Å²) in [4.78, 5) is 25.6. The fraction of sp³-hybridized carbons (Fsp3) is 0.867. The number of hydrogen-bond donors (Lipinski definition) is 2. The van der Waals surface area contributed by atoms with Crippen LogP contribution in [0.1, 0.15) is 57.8 Å². The molecule has 0 atom stereocenters. The van der Waals surface area contributed by atoms with Crippen molar-refractivity contribution >= 4 is 12.0 Å². The summed E-state index contributed by atoms with van der Waals surface area (Å²) < 4.78 is 0. The van der Waals surface area contributed by atoms with Crippen LogP contribution in [0.2, 0.25) is 0 Å². The van der Waals surface area contributed by atoms with Gasteiger partial charge in [0, 0.05) is 19.6 Å². The lowest BCUT2D eigenvalue weighted by Gasteiger charge is -2.34. The number of aliphatic carboxylic acids is 1. The van der Waals surface area contributed by atoms with Gasteiger partial charge in [-0.15, -0.1) is 0 Å². The van der Waals surface area contributed by atoms with Gasteiger partial charge in [0.25, 0.3) is 0 Å². The van der Waals surface area contributed by atoms with Crippen LogP contribution in [0.4, 0.5) is 4.79 Å². The third kappa shape index (κ3) is 3.64. The van der Waals surface area contributed by atoms with E-state index in [1.54, 1.807) is 0 Å². The zero-order chi connectivity index (χ0) is 14.4. The van der Waals surface area contributed by atoms with Crippen LogP contribution < -0.4 is 5.32 Å². The van der Waals surface area contributed by atoms with Crippen LogP contribution >= 0.6 is 0 Å². The predicted molar refractivity (Wildman–Crippen MR) is 76.6 cm³/mol. The Morgan fingerprint density at radius 3 is 2.05 bits per heavy atom. The van der Waals surface area contributed by atoms with E-state index in [0.717, 1.165) is 45.2 Å². The van der Waals surface area contributed by atoms with Crippen molar-refractivity contribution in [3.63, 3.8) is 0 Å². The summed E-state index contributed by atoms with van der Waals surface area (Å²) in [5.74, 6) is -0.756. The van der Waals surface area contributed by atoms with Crippen molar-refractivity contribution in [2.75, 3.05) is 19.6 Å². The lowest BCUT2D eigenvalue weighted by atomic mass is 9.74. The van der Waals surface area contributed by atoms with Gasteiger partial charge in [-0.2, -0.15) is 0 Å².